The zero-order valence-electron chi connectivity index (χ0n) is 27.7. The van der Waals surface area contributed by atoms with Crippen molar-refractivity contribution >= 4 is 33.4 Å². The summed E-state index contributed by atoms with van der Waals surface area (Å²) in [6.07, 6.45) is 16.3. The van der Waals surface area contributed by atoms with Crippen LogP contribution in [0.1, 0.15) is 24.8 Å². The summed E-state index contributed by atoms with van der Waals surface area (Å²) in [5.74, 6) is 0.762. The summed E-state index contributed by atoms with van der Waals surface area (Å²) in [6.45, 7) is 2.28. The first-order valence-corrected chi connectivity index (χ1v) is 17.0. The molecule has 4 aliphatic rings. The maximum atomic E-state index is 16.8. The summed E-state index contributed by atoms with van der Waals surface area (Å²) in [6, 6.07) is 11.0. The minimum Gasteiger partial charge on any atom is -0.461 e. The summed E-state index contributed by atoms with van der Waals surface area (Å²) in [5.41, 5.74) is 3.57. The molecule has 51 heavy (non-hydrogen) atoms. The number of anilines is 1. The first-order valence-electron chi connectivity index (χ1n) is 17.0. The molecule has 0 aliphatic carbocycles. The number of nitrogens with one attached hydrogen (secondary N) is 1. The molecule has 4 aliphatic heterocycles. The Hall–Kier alpha value is -5.61. The molecule has 13 heteroatoms. The van der Waals surface area contributed by atoms with Crippen molar-refractivity contribution < 1.29 is 22.7 Å². The summed E-state index contributed by atoms with van der Waals surface area (Å²) in [7, 11) is 0. The molecule has 6 heterocycles. The standard InChI is InChI=1S/C38H35F3N8O2/c1-2-25-8-5-9-26-10-6-11-28(31(25)26)33-32(41)34-29(21-42-33)35(45-37(44-34)51-24-38-12-7-14-48(38)22-27(39)20-38)46-16-18-47(19-17-46)36(50)30(40)23-49-15-4-3-13-43-49/h1,3-6,8-11,13,15,21,23,27,43H,7,12,14,16-20,22,24H2/b30-23-/t27-,38+/m1/s1. The van der Waals surface area contributed by atoms with Gasteiger partial charge < -0.3 is 20.0 Å². The van der Waals surface area contributed by atoms with Gasteiger partial charge >= 0.3 is 6.01 Å². The number of hydrogen-bond acceptors (Lipinski definition) is 9. The second kappa shape index (κ2) is 13.3. The van der Waals surface area contributed by atoms with Crippen molar-refractivity contribution in [2.24, 2.45) is 0 Å². The van der Waals surface area contributed by atoms with Crippen molar-refractivity contribution in [2.75, 3.05) is 50.8 Å². The van der Waals surface area contributed by atoms with Crippen molar-refractivity contribution in [3.8, 4) is 29.6 Å². The molecule has 0 bridgehead atoms. The minimum absolute atomic E-state index is 0.00868. The molecule has 1 amide bonds. The molecule has 8 rings (SSSR count). The first kappa shape index (κ1) is 32.6. The third kappa shape index (κ3) is 5.99. The lowest BCUT2D eigenvalue weighted by Gasteiger charge is -2.35. The number of carbonyl (C=O) groups is 1. The zero-order chi connectivity index (χ0) is 35.1. The molecule has 3 saturated heterocycles. The average Bonchev–Trinajstić information content (AvgIpc) is 3.69. The smallest absolute Gasteiger partial charge is 0.319 e. The third-order valence-corrected chi connectivity index (χ3v) is 10.2. The number of benzene rings is 2. The normalized spacial score (nSPS) is 22.0. The molecule has 0 unspecified atom stereocenters. The number of carbonyl (C=O) groups excluding carboxylic acids is 1. The van der Waals surface area contributed by atoms with Crippen molar-refractivity contribution in [2.45, 2.75) is 31.0 Å². The highest BCUT2D eigenvalue weighted by Crippen LogP contribution is 2.41. The Bertz CT molecular complexity index is 2150. The molecule has 1 N–H and O–H groups in total. The molecular formula is C38H35F3N8O2. The van der Waals surface area contributed by atoms with E-state index in [4.69, 9.17) is 16.1 Å². The van der Waals surface area contributed by atoms with Crippen LogP contribution < -0.4 is 15.1 Å². The Morgan fingerprint density at radius 1 is 1.12 bits per heavy atom. The molecule has 10 nitrogen and oxygen atoms in total. The number of alkyl halides is 1. The van der Waals surface area contributed by atoms with Crippen LogP contribution in [0, 0.1) is 18.2 Å². The van der Waals surface area contributed by atoms with Gasteiger partial charge in [0, 0.05) is 74.3 Å². The SMILES string of the molecule is C#Cc1cccc2cccc(-c3ncc4c(N5CCN(C(=O)/C(F)=C/N6C=CC=CN6)CC5)nc(OC[C@@]56CCCN5C[C@H](F)C6)nc4c3F)c12. The van der Waals surface area contributed by atoms with Gasteiger partial charge in [0.1, 0.15) is 29.8 Å². The van der Waals surface area contributed by atoms with E-state index in [1.807, 2.05) is 29.2 Å². The third-order valence-electron chi connectivity index (χ3n) is 10.2. The van der Waals surface area contributed by atoms with Crippen molar-refractivity contribution in [1.29, 1.82) is 0 Å². The molecule has 0 spiro atoms. The number of amides is 1. The summed E-state index contributed by atoms with van der Waals surface area (Å²) in [4.78, 5) is 32.3. The van der Waals surface area contributed by atoms with Crippen LogP contribution in [0.2, 0.25) is 0 Å². The fourth-order valence-corrected chi connectivity index (χ4v) is 7.72. The Kier molecular flexibility index (Phi) is 8.47. The van der Waals surface area contributed by atoms with Gasteiger partial charge in [0.15, 0.2) is 5.82 Å². The molecule has 3 fully saturated rings. The first-order chi connectivity index (χ1) is 24.8. The highest BCUT2D eigenvalue weighted by atomic mass is 19.1. The predicted molar refractivity (Wildman–Crippen MR) is 188 cm³/mol. The number of pyridine rings is 1. The molecule has 0 radical (unpaired) electrons. The van der Waals surface area contributed by atoms with Crippen LogP contribution in [0.5, 0.6) is 6.01 Å². The van der Waals surface area contributed by atoms with Gasteiger partial charge in [0.25, 0.3) is 5.91 Å². The number of halogens is 3. The fraction of sp³-hybridized carbons (Fsp3) is 0.316. The van der Waals surface area contributed by atoms with Crippen LogP contribution in [0.4, 0.5) is 19.0 Å². The number of fused-ring (bicyclic) bond motifs is 3. The van der Waals surface area contributed by atoms with Gasteiger partial charge in [-0.05, 0) is 43.0 Å². The van der Waals surface area contributed by atoms with Crippen LogP contribution in [0.15, 0.2) is 79.2 Å². The van der Waals surface area contributed by atoms with E-state index < -0.39 is 29.3 Å². The lowest BCUT2D eigenvalue weighted by molar-refractivity contribution is -0.129. The maximum Gasteiger partial charge on any atom is 0.319 e. The van der Waals surface area contributed by atoms with E-state index in [0.717, 1.165) is 31.0 Å². The number of terminal acetylenes is 1. The van der Waals surface area contributed by atoms with Gasteiger partial charge in [-0.3, -0.25) is 19.7 Å². The van der Waals surface area contributed by atoms with Crippen molar-refractivity contribution in [3.63, 3.8) is 0 Å². The molecule has 0 saturated carbocycles. The van der Waals surface area contributed by atoms with Gasteiger partial charge in [0.2, 0.25) is 5.83 Å². The Labute approximate surface area is 292 Å². The number of nitrogens with zero attached hydrogens (tertiary/aromatic N) is 7. The quantitative estimate of drug-likeness (QED) is 0.207. The number of rotatable bonds is 7. The minimum atomic E-state index is -0.940. The van der Waals surface area contributed by atoms with E-state index in [9.17, 15) is 13.6 Å². The fourth-order valence-electron chi connectivity index (χ4n) is 7.72. The van der Waals surface area contributed by atoms with Gasteiger partial charge in [-0.1, -0.05) is 36.3 Å². The number of hydrogen-bond donors (Lipinski definition) is 1. The van der Waals surface area contributed by atoms with Crippen LogP contribution >= 0.6 is 0 Å². The van der Waals surface area contributed by atoms with E-state index in [2.05, 4.69) is 26.2 Å². The number of aromatic nitrogens is 3. The van der Waals surface area contributed by atoms with Crippen molar-refractivity contribution in [3.05, 3.63) is 90.6 Å². The second-order valence-corrected chi connectivity index (χ2v) is 13.2. The molecule has 2 aromatic heterocycles. The van der Waals surface area contributed by atoms with Crippen LogP contribution in [0.3, 0.4) is 0 Å². The number of allylic oxidation sites excluding steroid dienone is 2. The van der Waals surface area contributed by atoms with Crippen LogP contribution in [0.25, 0.3) is 32.9 Å². The van der Waals surface area contributed by atoms with Gasteiger partial charge in [-0.15, -0.1) is 6.42 Å². The van der Waals surface area contributed by atoms with E-state index in [-0.39, 0.29) is 50.0 Å². The largest absolute Gasteiger partial charge is 0.461 e. The summed E-state index contributed by atoms with van der Waals surface area (Å²) in [5, 5.41) is 3.25. The van der Waals surface area contributed by atoms with Gasteiger partial charge in [0.05, 0.1) is 17.1 Å². The monoisotopic (exact) mass is 692 g/mol. The Morgan fingerprint density at radius 3 is 2.73 bits per heavy atom. The predicted octanol–water partition coefficient (Wildman–Crippen LogP) is 5.23. The van der Waals surface area contributed by atoms with Gasteiger partial charge in [-0.2, -0.15) is 14.4 Å². The number of piperazine rings is 1. The van der Waals surface area contributed by atoms with E-state index >= 15 is 4.39 Å². The average molecular weight is 693 g/mol. The summed E-state index contributed by atoms with van der Waals surface area (Å²) < 4.78 is 52.6. The maximum absolute atomic E-state index is 16.8. The molecule has 4 aromatic rings. The molecule has 2 aromatic carbocycles. The molecule has 2 atom stereocenters. The van der Waals surface area contributed by atoms with E-state index in [1.54, 1.807) is 42.9 Å². The lowest BCUT2D eigenvalue weighted by atomic mass is 9.95. The Balaban J connectivity index is 1.14. The Morgan fingerprint density at radius 2 is 1.94 bits per heavy atom. The number of ether oxygens (including phenoxy) is 1. The molecule has 260 valence electrons. The lowest BCUT2D eigenvalue weighted by Crippen LogP contribution is -2.49. The van der Waals surface area contributed by atoms with E-state index in [1.165, 1.54) is 9.91 Å². The van der Waals surface area contributed by atoms with Crippen LogP contribution in [-0.2, 0) is 4.79 Å². The zero-order valence-corrected chi connectivity index (χ0v) is 27.7. The number of hydrazine groups is 1. The van der Waals surface area contributed by atoms with Crippen molar-refractivity contribution in [1.82, 2.24) is 35.2 Å². The highest BCUT2D eigenvalue weighted by molar-refractivity contribution is 6.02. The van der Waals surface area contributed by atoms with Gasteiger partial charge in [-0.25, -0.2) is 8.78 Å². The topological polar surface area (TPSA) is 90.0 Å². The highest BCUT2D eigenvalue weighted by Gasteiger charge is 2.49. The van der Waals surface area contributed by atoms with E-state index in [0.29, 0.717) is 40.7 Å². The summed E-state index contributed by atoms with van der Waals surface area (Å²) >= 11 is 0. The molecular weight excluding hydrogens is 657 g/mol. The van der Waals surface area contributed by atoms with Crippen LogP contribution in [-0.4, -0.2) is 93.3 Å². The second-order valence-electron chi connectivity index (χ2n) is 13.2.